The summed E-state index contributed by atoms with van der Waals surface area (Å²) in [6.07, 6.45) is 9.50. The van der Waals surface area contributed by atoms with E-state index in [1.807, 2.05) is 25.2 Å². The van der Waals surface area contributed by atoms with Crippen LogP contribution in [-0.4, -0.2) is 41.6 Å². The molecule has 0 radical (unpaired) electrons. The molecule has 0 fully saturated rings. The summed E-state index contributed by atoms with van der Waals surface area (Å²) in [6.45, 7) is 3.48. The highest BCUT2D eigenvalue weighted by Crippen LogP contribution is 2.37. The van der Waals surface area contributed by atoms with Gasteiger partial charge in [-0.1, -0.05) is 6.07 Å². The van der Waals surface area contributed by atoms with Gasteiger partial charge in [-0.2, -0.15) is 10.2 Å². The molecule has 1 unspecified atom stereocenters. The van der Waals surface area contributed by atoms with Crippen LogP contribution < -0.4 is 5.32 Å². The Bertz CT molecular complexity index is 602. The summed E-state index contributed by atoms with van der Waals surface area (Å²) >= 11 is 0. The van der Waals surface area contributed by atoms with E-state index in [9.17, 15) is 4.79 Å². The maximum absolute atomic E-state index is 11.9. The van der Waals surface area contributed by atoms with Crippen LogP contribution in [0.1, 0.15) is 44.3 Å². The van der Waals surface area contributed by atoms with Crippen molar-refractivity contribution in [3.05, 3.63) is 30.1 Å². The third kappa shape index (κ3) is 5.43. The smallest absolute Gasteiger partial charge is 0.220 e. The minimum absolute atomic E-state index is 0.0336. The number of hydrogen-bond donors (Lipinski definition) is 1. The molecule has 1 aromatic heterocycles. The monoisotopic (exact) mass is 327 g/mol. The lowest BCUT2D eigenvalue weighted by molar-refractivity contribution is -0.121. The van der Waals surface area contributed by atoms with Crippen LogP contribution in [-0.2, 0) is 4.79 Å². The van der Waals surface area contributed by atoms with Gasteiger partial charge in [-0.15, -0.1) is 12.3 Å². The van der Waals surface area contributed by atoms with Crippen molar-refractivity contribution in [2.45, 2.75) is 44.3 Å². The molecule has 24 heavy (non-hydrogen) atoms. The van der Waals surface area contributed by atoms with Crippen LogP contribution in [0.2, 0.25) is 0 Å². The Morgan fingerprint density at radius 1 is 1.42 bits per heavy atom. The number of amides is 1. The minimum Gasteiger partial charge on any atom is -0.355 e. The number of rotatable bonds is 10. The number of hydrogen-bond acceptors (Lipinski definition) is 5. The molecule has 6 heteroatoms. The van der Waals surface area contributed by atoms with Crippen LogP contribution in [0.5, 0.6) is 0 Å². The number of nitrogens with one attached hydrogen (secondary N) is 1. The van der Waals surface area contributed by atoms with Crippen LogP contribution in [0.4, 0.5) is 0 Å². The molecule has 6 nitrogen and oxygen atoms in total. The quantitative estimate of drug-likeness (QED) is 0.671. The van der Waals surface area contributed by atoms with E-state index in [0.29, 0.717) is 25.8 Å². The molecule has 0 saturated carbocycles. The average Bonchev–Trinajstić information content (AvgIpc) is 3.38. The summed E-state index contributed by atoms with van der Waals surface area (Å²) in [5.74, 6) is 2.62. The van der Waals surface area contributed by atoms with Gasteiger partial charge in [0.25, 0.3) is 0 Å². The van der Waals surface area contributed by atoms with Gasteiger partial charge in [0.15, 0.2) is 5.66 Å². The van der Waals surface area contributed by atoms with Gasteiger partial charge in [0.2, 0.25) is 5.91 Å². The molecule has 0 saturated heterocycles. The fraction of sp³-hybridized carbons (Fsp3) is 0.556. The average molecular weight is 327 g/mol. The number of nitrogens with zero attached hydrogens (tertiary/aromatic N) is 4. The number of pyridine rings is 1. The minimum atomic E-state index is -0.381. The second-order valence-electron chi connectivity index (χ2n) is 6.15. The van der Waals surface area contributed by atoms with E-state index in [1.54, 1.807) is 6.20 Å². The Balaban J connectivity index is 1.63. The topological polar surface area (TPSA) is 70.0 Å². The Labute approximate surface area is 143 Å². The lowest BCUT2D eigenvalue weighted by atomic mass is 10.0. The molecule has 2 rings (SSSR count). The summed E-state index contributed by atoms with van der Waals surface area (Å²) in [4.78, 5) is 18.5. The van der Waals surface area contributed by atoms with Crippen LogP contribution >= 0.6 is 0 Å². The lowest BCUT2D eigenvalue weighted by Crippen LogP contribution is -2.34. The van der Waals surface area contributed by atoms with Crippen LogP contribution in [0.15, 0.2) is 34.6 Å². The number of carbonyl (C=O) groups excluding carboxylic acids is 1. The zero-order valence-corrected chi connectivity index (χ0v) is 14.4. The number of carbonyl (C=O) groups is 1. The molecule has 1 aliphatic heterocycles. The fourth-order valence-corrected chi connectivity index (χ4v) is 2.48. The van der Waals surface area contributed by atoms with E-state index < -0.39 is 0 Å². The molecule has 1 aromatic rings. The van der Waals surface area contributed by atoms with Gasteiger partial charge >= 0.3 is 0 Å². The first-order valence-electron chi connectivity index (χ1n) is 8.32. The number of aromatic nitrogens is 1. The zero-order chi connectivity index (χ0) is 17.4. The maximum Gasteiger partial charge on any atom is 0.220 e. The Morgan fingerprint density at radius 2 is 2.21 bits per heavy atom. The SMILES string of the molecule is C#CCCC1(CCC(=O)NCCN(C)C(C)c2ccccn2)N=N1. The third-order valence-electron chi connectivity index (χ3n) is 4.37. The van der Waals surface area contributed by atoms with E-state index in [0.717, 1.165) is 18.7 Å². The molecular formula is C18H25N5O. The maximum atomic E-state index is 11.9. The third-order valence-corrected chi connectivity index (χ3v) is 4.37. The van der Waals surface area contributed by atoms with Crippen molar-refractivity contribution >= 4 is 5.91 Å². The first-order valence-corrected chi connectivity index (χ1v) is 8.32. The predicted octanol–water partition coefficient (Wildman–Crippen LogP) is 2.55. The van der Waals surface area contributed by atoms with Gasteiger partial charge in [0.05, 0.1) is 5.69 Å². The highest BCUT2D eigenvalue weighted by Gasteiger charge is 2.39. The van der Waals surface area contributed by atoms with Crippen molar-refractivity contribution in [2.24, 2.45) is 10.2 Å². The standard InChI is InChI=1S/C18H25N5O/c1-4-5-10-18(21-22-18)11-9-17(24)20-13-14-23(3)15(2)16-8-6-7-12-19-16/h1,6-8,12,15H,5,9-11,13-14H2,2-3H3,(H,20,24). The molecular weight excluding hydrogens is 302 g/mol. The Hall–Kier alpha value is -2.26. The summed E-state index contributed by atoms with van der Waals surface area (Å²) in [7, 11) is 2.03. The molecule has 0 spiro atoms. The second kappa shape index (κ2) is 8.55. The van der Waals surface area contributed by atoms with E-state index >= 15 is 0 Å². The van der Waals surface area contributed by atoms with Crippen molar-refractivity contribution in [1.82, 2.24) is 15.2 Å². The Morgan fingerprint density at radius 3 is 2.83 bits per heavy atom. The summed E-state index contributed by atoms with van der Waals surface area (Å²) in [5.41, 5.74) is 0.646. The summed E-state index contributed by atoms with van der Waals surface area (Å²) in [5, 5.41) is 11.0. The summed E-state index contributed by atoms with van der Waals surface area (Å²) in [6, 6.07) is 6.11. The molecule has 1 N–H and O–H groups in total. The largest absolute Gasteiger partial charge is 0.355 e. The Kier molecular flexibility index (Phi) is 6.44. The summed E-state index contributed by atoms with van der Waals surface area (Å²) < 4.78 is 0. The highest BCUT2D eigenvalue weighted by atomic mass is 16.1. The lowest BCUT2D eigenvalue weighted by Gasteiger charge is -2.24. The van der Waals surface area contributed by atoms with Crippen molar-refractivity contribution in [3.8, 4) is 12.3 Å². The molecule has 0 aliphatic carbocycles. The van der Waals surface area contributed by atoms with Gasteiger partial charge in [0, 0.05) is 51.0 Å². The van der Waals surface area contributed by atoms with Crippen molar-refractivity contribution in [3.63, 3.8) is 0 Å². The van der Waals surface area contributed by atoms with Crippen molar-refractivity contribution < 1.29 is 4.79 Å². The first kappa shape index (κ1) is 18.1. The van der Waals surface area contributed by atoms with Crippen LogP contribution in [0.25, 0.3) is 0 Å². The fourth-order valence-electron chi connectivity index (χ4n) is 2.48. The molecule has 128 valence electrons. The number of likely N-dealkylation sites (N-methyl/N-ethyl adjacent to an activating group) is 1. The highest BCUT2D eigenvalue weighted by molar-refractivity contribution is 5.75. The van der Waals surface area contributed by atoms with Crippen molar-refractivity contribution in [1.29, 1.82) is 0 Å². The van der Waals surface area contributed by atoms with E-state index in [2.05, 4.69) is 38.3 Å². The van der Waals surface area contributed by atoms with Crippen molar-refractivity contribution in [2.75, 3.05) is 20.1 Å². The molecule has 1 amide bonds. The molecule has 1 aliphatic rings. The van der Waals surface area contributed by atoms with Gasteiger partial charge in [-0.3, -0.25) is 14.7 Å². The van der Waals surface area contributed by atoms with Crippen LogP contribution in [0.3, 0.4) is 0 Å². The van der Waals surface area contributed by atoms with E-state index in [-0.39, 0.29) is 17.6 Å². The first-order chi connectivity index (χ1) is 11.6. The van der Waals surface area contributed by atoms with Crippen LogP contribution in [0, 0.1) is 12.3 Å². The van der Waals surface area contributed by atoms with E-state index in [1.165, 1.54) is 0 Å². The molecule has 2 heterocycles. The predicted molar refractivity (Wildman–Crippen MR) is 93.2 cm³/mol. The van der Waals surface area contributed by atoms with Gasteiger partial charge in [-0.25, -0.2) is 0 Å². The van der Waals surface area contributed by atoms with Gasteiger partial charge in [-0.05, 0) is 26.1 Å². The second-order valence-corrected chi connectivity index (χ2v) is 6.15. The number of terminal acetylenes is 1. The zero-order valence-electron chi connectivity index (χ0n) is 14.4. The molecule has 0 bridgehead atoms. The van der Waals surface area contributed by atoms with Gasteiger partial charge < -0.3 is 5.32 Å². The normalized spacial score (nSPS) is 15.8. The molecule has 1 atom stereocenters. The van der Waals surface area contributed by atoms with Gasteiger partial charge in [0.1, 0.15) is 0 Å². The molecule has 0 aromatic carbocycles. The van der Waals surface area contributed by atoms with E-state index in [4.69, 9.17) is 6.42 Å².